The van der Waals surface area contributed by atoms with Crippen molar-refractivity contribution in [2.45, 2.75) is 19.9 Å². The van der Waals surface area contributed by atoms with Crippen LogP contribution in [-0.2, 0) is 4.79 Å². The average molecular weight is 338 g/mol. The molecule has 2 fully saturated rings. The molecule has 2 saturated heterocycles. The fourth-order valence-corrected chi connectivity index (χ4v) is 4.31. The molecule has 2 aromatic rings. The summed E-state index contributed by atoms with van der Waals surface area (Å²) in [5, 5.41) is 0. The van der Waals surface area contributed by atoms with Crippen LogP contribution in [0.3, 0.4) is 0 Å². The molecule has 2 amide bonds. The van der Waals surface area contributed by atoms with Crippen LogP contribution in [0.5, 0.6) is 0 Å². The van der Waals surface area contributed by atoms with Gasteiger partial charge < -0.3 is 14.8 Å². The molecule has 2 aliphatic heterocycles. The molecule has 1 aromatic heterocycles. The highest BCUT2D eigenvalue weighted by Gasteiger charge is 2.49. The first-order valence-corrected chi connectivity index (χ1v) is 8.67. The van der Waals surface area contributed by atoms with E-state index in [0.29, 0.717) is 31.2 Å². The SMILES string of the molecule is CC(=O)N1C[C@H]2CN(C(=O)c3cnc(C)[nH]3)C[C@H]2[C@@H]1c1ccccc1. The third-order valence-corrected chi connectivity index (χ3v) is 5.43. The summed E-state index contributed by atoms with van der Waals surface area (Å²) in [6.07, 6.45) is 1.60. The molecule has 0 bridgehead atoms. The second-order valence-electron chi connectivity index (χ2n) is 7.04. The molecule has 0 saturated carbocycles. The van der Waals surface area contributed by atoms with Gasteiger partial charge in [-0.2, -0.15) is 0 Å². The lowest BCUT2D eigenvalue weighted by Gasteiger charge is -2.29. The minimum Gasteiger partial charge on any atom is -0.338 e. The Morgan fingerprint density at radius 2 is 1.92 bits per heavy atom. The summed E-state index contributed by atoms with van der Waals surface area (Å²) >= 11 is 0. The van der Waals surface area contributed by atoms with Crippen molar-refractivity contribution < 1.29 is 9.59 Å². The first-order chi connectivity index (χ1) is 12.0. The lowest BCUT2D eigenvalue weighted by atomic mass is 9.89. The maximum Gasteiger partial charge on any atom is 0.271 e. The molecule has 3 atom stereocenters. The predicted octanol–water partition coefficient (Wildman–Crippen LogP) is 2.01. The number of carbonyl (C=O) groups is 2. The van der Waals surface area contributed by atoms with Gasteiger partial charge in [0.25, 0.3) is 5.91 Å². The van der Waals surface area contributed by atoms with Crippen molar-refractivity contribution in [2.24, 2.45) is 11.8 Å². The molecule has 130 valence electrons. The summed E-state index contributed by atoms with van der Waals surface area (Å²) in [7, 11) is 0. The van der Waals surface area contributed by atoms with Crippen LogP contribution in [0.2, 0.25) is 0 Å². The molecule has 6 nitrogen and oxygen atoms in total. The third-order valence-electron chi connectivity index (χ3n) is 5.43. The number of nitrogens with one attached hydrogen (secondary N) is 1. The number of hydrogen-bond donors (Lipinski definition) is 1. The number of hydrogen-bond acceptors (Lipinski definition) is 3. The van der Waals surface area contributed by atoms with E-state index in [-0.39, 0.29) is 23.8 Å². The maximum absolute atomic E-state index is 12.7. The van der Waals surface area contributed by atoms with Gasteiger partial charge in [-0.05, 0) is 12.5 Å². The lowest BCUT2D eigenvalue weighted by molar-refractivity contribution is -0.130. The summed E-state index contributed by atoms with van der Waals surface area (Å²) in [6, 6.07) is 10.2. The fourth-order valence-electron chi connectivity index (χ4n) is 4.31. The van der Waals surface area contributed by atoms with E-state index in [4.69, 9.17) is 0 Å². The minimum atomic E-state index is -0.00353. The molecule has 0 unspecified atom stereocenters. The van der Waals surface area contributed by atoms with Gasteiger partial charge in [-0.15, -0.1) is 0 Å². The van der Waals surface area contributed by atoms with Gasteiger partial charge in [-0.1, -0.05) is 30.3 Å². The predicted molar refractivity (Wildman–Crippen MR) is 92.8 cm³/mol. The summed E-state index contributed by atoms with van der Waals surface area (Å²) < 4.78 is 0. The molecule has 0 radical (unpaired) electrons. The number of likely N-dealkylation sites (tertiary alicyclic amines) is 2. The van der Waals surface area contributed by atoms with Crippen molar-refractivity contribution in [2.75, 3.05) is 19.6 Å². The first kappa shape index (κ1) is 15.9. The Hall–Kier alpha value is -2.63. The molecule has 0 aliphatic carbocycles. The Bertz CT molecular complexity index is 801. The number of amides is 2. The number of aryl methyl sites for hydroxylation is 1. The zero-order valence-electron chi connectivity index (χ0n) is 14.5. The second-order valence-corrected chi connectivity index (χ2v) is 7.04. The van der Waals surface area contributed by atoms with E-state index in [0.717, 1.165) is 11.4 Å². The Morgan fingerprint density at radius 1 is 1.16 bits per heavy atom. The topological polar surface area (TPSA) is 69.3 Å². The zero-order chi connectivity index (χ0) is 17.6. The monoisotopic (exact) mass is 338 g/mol. The number of imidazole rings is 1. The van der Waals surface area contributed by atoms with Crippen LogP contribution in [0.4, 0.5) is 0 Å². The number of fused-ring (bicyclic) bond motifs is 1. The smallest absolute Gasteiger partial charge is 0.271 e. The van der Waals surface area contributed by atoms with Crippen LogP contribution < -0.4 is 0 Å². The van der Waals surface area contributed by atoms with Gasteiger partial charge in [0.2, 0.25) is 5.91 Å². The number of rotatable bonds is 2. The molecule has 1 aromatic carbocycles. The maximum atomic E-state index is 12.7. The highest BCUT2D eigenvalue weighted by Crippen LogP contribution is 2.45. The van der Waals surface area contributed by atoms with Crippen LogP contribution in [0.15, 0.2) is 36.5 Å². The summed E-state index contributed by atoms with van der Waals surface area (Å²) in [6.45, 7) is 5.55. The Balaban J connectivity index is 1.58. The van der Waals surface area contributed by atoms with Crippen molar-refractivity contribution in [1.82, 2.24) is 19.8 Å². The van der Waals surface area contributed by atoms with Gasteiger partial charge in [0.05, 0.1) is 12.2 Å². The number of benzene rings is 1. The Morgan fingerprint density at radius 3 is 2.56 bits per heavy atom. The van der Waals surface area contributed by atoms with Gasteiger partial charge in [-0.3, -0.25) is 9.59 Å². The summed E-state index contributed by atoms with van der Waals surface area (Å²) in [4.78, 5) is 35.9. The quantitative estimate of drug-likeness (QED) is 0.911. The molecule has 0 spiro atoms. The van der Waals surface area contributed by atoms with Crippen LogP contribution in [0.25, 0.3) is 0 Å². The zero-order valence-corrected chi connectivity index (χ0v) is 14.5. The van der Waals surface area contributed by atoms with E-state index < -0.39 is 0 Å². The molecule has 6 heteroatoms. The Kier molecular flexibility index (Phi) is 3.82. The van der Waals surface area contributed by atoms with Crippen LogP contribution in [0.1, 0.15) is 34.8 Å². The summed E-state index contributed by atoms with van der Waals surface area (Å²) in [5.41, 5.74) is 1.69. The molecule has 1 N–H and O–H groups in total. The summed E-state index contributed by atoms with van der Waals surface area (Å²) in [5.74, 6) is 1.44. The second kappa shape index (κ2) is 6.02. The largest absolute Gasteiger partial charge is 0.338 e. The van der Waals surface area contributed by atoms with Crippen molar-refractivity contribution in [3.05, 3.63) is 53.6 Å². The van der Waals surface area contributed by atoms with Gasteiger partial charge in [0.15, 0.2) is 0 Å². The van der Waals surface area contributed by atoms with E-state index in [2.05, 4.69) is 22.1 Å². The van der Waals surface area contributed by atoms with Crippen LogP contribution >= 0.6 is 0 Å². The average Bonchev–Trinajstić information content (AvgIpc) is 3.28. The van der Waals surface area contributed by atoms with E-state index in [1.165, 1.54) is 0 Å². The van der Waals surface area contributed by atoms with Crippen molar-refractivity contribution >= 4 is 11.8 Å². The fraction of sp³-hybridized carbons (Fsp3) is 0.421. The van der Waals surface area contributed by atoms with E-state index in [9.17, 15) is 9.59 Å². The Labute approximate surface area is 146 Å². The number of aromatic amines is 1. The van der Waals surface area contributed by atoms with Crippen molar-refractivity contribution in [3.8, 4) is 0 Å². The van der Waals surface area contributed by atoms with Crippen molar-refractivity contribution in [3.63, 3.8) is 0 Å². The van der Waals surface area contributed by atoms with E-state index in [1.807, 2.05) is 34.9 Å². The van der Waals surface area contributed by atoms with Crippen LogP contribution in [-0.4, -0.2) is 51.2 Å². The minimum absolute atomic E-state index is 0.00353. The van der Waals surface area contributed by atoms with Gasteiger partial charge in [0.1, 0.15) is 11.5 Å². The standard InChI is InChI=1S/C19H22N4O2/c1-12-20-8-17(21-12)19(25)22-9-15-10-23(13(2)24)18(16(15)11-22)14-6-4-3-5-7-14/h3-8,15-16,18H,9-11H2,1-2H3,(H,20,21)/t15-,16-,18+/m1/s1. The highest BCUT2D eigenvalue weighted by molar-refractivity contribution is 5.92. The number of aromatic nitrogens is 2. The number of H-pyrrole nitrogens is 1. The van der Waals surface area contributed by atoms with Gasteiger partial charge >= 0.3 is 0 Å². The first-order valence-electron chi connectivity index (χ1n) is 8.67. The lowest BCUT2D eigenvalue weighted by Crippen LogP contribution is -2.36. The molecular weight excluding hydrogens is 316 g/mol. The molecule has 25 heavy (non-hydrogen) atoms. The van der Waals surface area contributed by atoms with Gasteiger partial charge in [0, 0.05) is 38.4 Å². The molecule has 3 heterocycles. The van der Waals surface area contributed by atoms with E-state index in [1.54, 1.807) is 13.1 Å². The normalized spacial score (nSPS) is 25.3. The molecule has 2 aliphatic rings. The highest BCUT2D eigenvalue weighted by atomic mass is 16.2. The van der Waals surface area contributed by atoms with E-state index >= 15 is 0 Å². The van der Waals surface area contributed by atoms with Gasteiger partial charge in [-0.25, -0.2) is 4.98 Å². The number of nitrogens with zero attached hydrogens (tertiary/aromatic N) is 3. The third kappa shape index (κ3) is 2.71. The molecular formula is C19H22N4O2. The van der Waals surface area contributed by atoms with Crippen molar-refractivity contribution in [1.29, 1.82) is 0 Å². The van der Waals surface area contributed by atoms with Crippen LogP contribution in [0, 0.1) is 18.8 Å². The number of carbonyl (C=O) groups excluding carboxylic acids is 2. The molecule has 4 rings (SSSR count).